The van der Waals surface area contributed by atoms with E-state index in [2.05, 4.69) is 12.2 Å². The Kier molecular flexibility index (Phi) is 3.92. The lowest BCUT2D eigenvalue weighted by molar-refractivity contribution is 0.464. The van der Waals surface area contributed by atoms with E-state index in [9.17, 15) is 8.42 Å². The molecule has 2 rings (SSSR count). The molecule has 4 nitrogen and oxygen atoms in total. The third-order valence-electron chi connectivity index (χ3n) is 3.17. The van der Waals surface area contributed by atoms with Crippen molar-refractivity contribution in [2.75, 3.05) is 18.9 Å². The fourth-order valence-electron chi connectivity index (χ4n) is 1.81. The molecule has 0 spiro atoms. The van der Waals surface area contributed by atoms with Crippen LogP contribution in [0.15, 0.2) is 29.2 Å². The van der Waals surface area contributed by atoms with Gasteiger partial charge in [-0.3, -0.25) is 0 Å². The van der Waals surface area contributed by atoms with Crippen molar-refractivity contribution >= 4 is 15.7 Å². The Morgan fingerprint density at radius 2 is 1.89 bits per heavy atom. The normalized spacial score (nSPS) is 15.9. The largest absolute Gasteiger partial charge is 0.385 e. The highest BCUT2D eigenvalue weighted by molar-refractivity contribution is 7.89. The van der Waals surface area contributed by atoms with E-state index in [1.165, 1.54) is 4.31 Å². The minimum absolute atomic E-state index is 0.202. The lowest BCUT2D eigenvalue weighted by Gasteiger charge is -2.16. The Balaban J connectivity index is 2.13. The lowest BCUT2D eigenvalue weighted by Crippen LogP contribution is -2.28. The van der Waals surface area contributed by atoms with E-state index < -0.39 is 10.0 Å². The van der Waals surface area contributed by atoms with Gasteiger partial charge in [0.15, 0.2) is 0 Å². The number of rotatable bonds is 6. The first-order valence-corrected chi connectivity index (χ1v) is 7.81. The third kappa shape index (κ3) is 2.84. The number of hydrogen-bond acceptors (Lipinski definition) is 3. The summed E-state index contributed by atoms with van der Waals surface area (Å²) < 4.78 is 26.0. The van der Waals surface area contributed by atoms with Crippen LogP contribution in [0.2, 0.25) is 0 Å². The minimum Gasteiger partial charge on any atom is -0.385 e. The number of nitrogens with one attached hydrogen (secondary N) is 1. The standard InChI is InChI=1S/C13H20N2O2S/c1-3-10-14-11-4-8-13(9-5-11)18(16,17)15(2)12-6-7-12/h4-5,8-9,12,14H,3,6-7,10H2,1-2H3. The van der Waals surface area contributed by atoms with Gasteiger partial charge in [-0.15, -0.1) is 0 Å². The van der Waals surface area contributed by atoms with Gasteiger partial charge in [0, 0.05) is 25.3 Å². The van der Waals surface area contributed by atoms with Crippen molar-refractivity contribution in [2.24, 2.45) is 0 Å². The Labute approximate surface area is 109 Å². The van der Waals surface area contributed by atoms with Crippen LogP contribution in [-0.4, -0.2) is 32.4 Å². The monoisotopic (exact) mass is 268 g/mol. The van der Waals surface area contributed by atoms with E-state index in [-0.39, 0.29) is 6.04 Å². The molecule has 0 unspecified atom stereocenters. The van der Waals surface area contributed by atoms with Gasteiger partial charge < -0.3 is 5.32 Å². The average molecular weight is 268 g/mol. The molecule has 1 aromatic carbocycles. The smallest absolute Gasteiger partial charge is 0.243 e. The second-order valence-electron chi connectivity index (χ2n) is 4.70. The van der Waals surface area contributed by atoms with Crippen molar-refractivity contribution in [3.05, 3.63) is 24.3 Å². The van der Waals surface area contributed by atoms with Crippen LogP contribution in [0, 0.1) is 0 Å². The first-order chi connectivity index (χ1) is 8.55. The molecule has 18 heavy (non-hydrogen) atoms. The fourth-order valence-corrected chi connectivity index (χ4v) is 3.23. The highest BCUT2D eigenvalue weighted by Crippen LogP contribution is 2.30. The molecule has 1 saturated carbocycles. The van der Waals surface area contributed by atoms with Crippen LogP contribution in [0.1, 0.15) is 26.2 Å². The Bertz CT molecular complexity index is 492. The van der Waals surface area contributed by atoms with E-state index >= 15 is 0 Å². The molecule has 0 aromatic heterocycles. The van der Waals surface area contributed by atoms with Crippen LogP contribution >= 0.6 is 0 Å². The first kappa shape index (κ1) is 13.4. The summed E-state index contributed by atoms with van der Waals surface area (Å²) in [6.07, 6.45) is 3.00. The zero-order valence-electron chi connectivity index (χ0n) is 10.9. The van der Waals surface area contributed by atoms with Gasteiger partial charge in [-0.05, 0) is 43.5 Å². The third-order valence-corrected chi connectivity index (χ3v) is 5.10. The average Bonchev–Trinajstić information content (AvgIpc) is 3.20. The predicted molar refractivity (Wildman–Crippen MR) is 73.2 cm³/mol. The Morgan fingerprint density at radius 3 is 2.39 bits per heavy atom. The molecule has 100 valence electrons. The molecular weight excluding hydrogens is 248 g/mol. The van der Waals surface area contributed by atoms with E-state index in [1.54, 1.807) is 19.2 Å². The molecule has 0 bridgehead atoms. The van der Waals surface area contributed by atoms with Crippen molar-refractivity contribution in [1.29, 1.82) is 0 Å². The van der Waals surface area contributed by atoms with Crippen LogP contribution < -0.4 is 5.32 Å². The van der Waals surface area contributed by atoms with Crippen LogP contribution in [0.4, 0.5) is 5.69 Å². The Hall–Kier alpha value is -1.07. The maximum atomic E-state index is 12.2. The van der Waals surface area contributed by atoms with Crippen LogP contribution in [-0.2, 0) is 10.0 Å². The molecule has 5 heteroatoms. The van der Waals surface area contributed by atoms with Gasteiger partial charge in [0.2, 0.25) is 10.0 Å². The van der Waals surface area contributed by atoms with Gasteiger partial charge in [-0.1, -0.05) is 6.92 Å². The van der Waals surface area contributed by atoms with Gasteiger partial charge in [0.05, 0.1) is 4.90 Å². The van der Waals surface area contributed by atoms with Crippen LogP contribution in [0.25, 0.3) is 0 Å². The summed E-state index contributed by atoms with van der Waals surface area (Å²) in [5.41, 5.74) is 0.963. The summed E-state index contributed by atoms with van der Waals surface area (Å²) in [5.74, 6) is 0. The van der Waals surface area contributed by atoms with Crippen molar-refractivity contribution in [1.82, 2.24) is 4.31 Å². The molecule has 1 aliphatic carbocycles. The van der Waals surface area contributed by atoms with Gasteiger partial charge in [0.25, 0.3) is 0 Å². The number of nitrogens with zero attached hydrogens (tertiary/aromatic N) is 1. The zero-order chi connectivity index (χ0) is 13.2. The van der Waals surface area contributed by atoms with Gasteiger partial charge in [-0.2, -0.15) is 4.31 Å². The predicted octanol–water partition coefficient (Wildman–Crippen LogP) is 2.29. The number of hydrogen-bond donors (Lipinski definition) is 1. The SMILES string of the molecule is CCCNc1ccc(S(=O)(=O)N(C)C2CC2)cc1. The molecule has 0 heterocycles. The fraction of sp³-hybridized carbons (Fsp3) is 0.538. The van der Waals surface area contributed by atoms with Crippen molar-refractivity contribution in [2.45, 2.75) is 37.1 Å². The summed E-state index contributed by atoms with van der Waals surface area (Å²) in [6, 6.07) is 7.19. The van der Waals surface area contributed by atoms with Crippen LogP contribution in [0.5, 0.6) is 0 Å². The summed E-state index contributed by atoms with van der Waals surface area (Å²) >= 11 is 0. The van der Waals surface area contributed by atoms with Gasteiger partial charge in [-0.25, -0.2) is 8.42 Å². The highest BCUT2D eigenvalue weighted by atomic mass is 32.2. The van der Waals surface area contributed by atoms with Gasteiger partial charge >= 0.3 is 0 Å². The van der Waals surface area contributed by atoms with Crippen molar-refractivity contribution < 1.29 is 8.42 Å². The molecular formula is C13H20N2O2S. The number of sulfonamides is 1. The summed E-state index contributed by atoms with van der Waals surface area (Å²) in [4.78, 5) is 0.374. The summed E-state index contributed by atoms with van der Waals surface area (Å²) in [6.45, 7) is 2.99. The zero-order valence-corrected chi connectivity index (χ0v) is 11.7. The molecule has 0 atom stereocenters. The van der Waals surface area contributed by atoms with E-state index in [1.807, 2.05) is 12.1 Å². The molecule has 1 N–H and O–H groups in total. The molecule has 0 aliphatic heterocycles. The summed E-state index contributed by atoms with van der Waals surface area (Å²) in [5, 5.41) is 3.23. The first-order valence-electron chi connectivity index (χ1n) is 6.37. The maximum absolute atomic E-state index is 12.2. The molecule has 1 aliphatic rings. The molecule has 0 saturated heterocycles. The Morgan fingerprint density at radius 1 is 1.28 bits per heavy atom. The minimum atomic E-state index is -3.31. The second kappa shape index (κ2) is 5.28. The second-order valence-corrected chi connectivity index (χ2v) is 6.70. The number of benzene rings is 1. The topological polar surface area (TPSA) is 49.4 Å². The molecule has 1 aromatic rings. The maximum Gasteiger partial charge on any atom is 0.243 e. The van der Waals surface area contributed by atoms with E-state index in [4.69, 9.17) is 0 Å². The van der Waals surface area contributed by atoms with E-state index in [0.717, 1.165) is 31.5 Å². The molecule has 1 fully saturated rings. The van der Waals surface area contributed by atoms with Crippen molar-refractivity contribution in [3.63, 3.8) is 0 Å². The lowest BCUT2D eigenvalue weighted by atomic mass is 10.3. The molecule has 0 radical (unpaired) electrons. The number of anilines is 1. The molecule has 0 amide bonds. The quantitative estimate of drug-likeness (QED) is 0.861. The highest BCUT2D eigenvalue weighted by Gasteiger charge is 2.34. The van der Waals surface area contributed by atoms with Crippen LogP contribution in [0.3, 0.4) is 0 Å². The van der Waals surface area contributed by atoms with E-state index in [0.29, 0.717) is 4.90 Å². The van der Waals surface area contributed by atoms with Gasteiger partial charge in [0.1, 0.15) is 0 Å². The van der Waals surface area contributed by atoms with Crippen molar-refractivity contribution in [3.8, 4) is 0 Å². The summed E-state index contributed by atoms with van der Waals surface area (Å²) in [7, 11) is -1.64.